The third kappa shape index (κ3) is 5.67. The number of Topliss-reactive ketones (excluding diaryl/α,β-unsaturated/α-hetero) is 1. The third-order valence-corrected chi connectivity index (χ3v) is 1.51. The zero-order valence-corrected chi connectivity index (χ0v) is 7.17. The van der Waals surface area contributed by atoms with E-state index in [9.17, 15) is 9.59 Å². The highest BCUT2D eigenvalue weighted by molar-refractivity contribution is 5.81. The second-order valence-electron chi connectivity index (χ2n) is 2.65. The molecule has 0 saturated carbocycles. The van der Waals surface area contributed by atoms with Crippen molar-refractivity contribution in [3.05, 3.63) is 0 Å². The molecule has 0 aromatic heterocycles. The highest BCUT2D eigenvalue weighted by Crippen LogP contribution is 1.93. The lowest BCUT2D eigenvalue weighted by molar-refractivity contribution is -0.118. The average molecular weight is 174 g/mol. The molecule has 0 bridgehead atoms. The van der Waals surface area contributed by atoms with Crippen molar-refractivity contribution in [2.45, 2.75) is 25.8 Å². The number of nitrogens with two attached hydrogens (primary N) is 2. The number of carbonyl (C=O) groups excluding carboxylic acids is 2. The molecule has 0 radical (unpaired) electrons. The van der Waals surface area contributed by atoms with Gasteiger partial charge in [0.25, 0.3) is 0 Å². The van der Waals surface area contributed by atoms with Gasteiger partial charge in [0.2, 0.25) is 0 Å². The van der Waals surface area contributed by atoms with E-state index in [-0.39, 0.29) is 5.78 Å². The highest BCUT2D eigenvalue weighted by Gasteiger charge is 2.06. The molecular formula is C7H15N3O2. The molecule has 0 fully saturated rings. The highest BCUT2D eigenvalue weighted by atomic mass is 16.2. The Labute approximate surface area is 71.5 Å². The first-order valence-corrected chi connectivity index (χ1v) is 3.83. The van der Waals surface area contributed by atoms with Crippen LogP contribution in [-0.4, -0.2) is 24.4 Å². The van der Waals surface area contributed by atoms with Crippen LogP contribution in [0.5, 0.6) is 0 Å². The summed E-state index contributed by atoms with van der Waals surface area (Å²) < 4.78 is 0. The van der Waals surface area contributed by atoms with Gasteiger partial charge in [0, 0.05) is 6.54 Å². The predicted molar refractivity (Wildman–Crippen MR) is 45.5 cm³/mol. The van der Waals surface area contributed by atoms with Gasteiger partial charge in [-0.15, -0.1) is 0 Å². The van der Waals surface area contributed by atoms with Crippen molar-refractivity contribution in [2.75, 3.05) is 6.54 Å². The van der Waals surface area contributed by atoms with Crippen LogP contribution in [0.15, 0.2) is 0 Å². The number of ketones is 1. The van der Waals surface area contributed by atoms with E-state index in [0.29, 0.717) is 19.4 Å². The monoisotopic (exact) mass is 174 g/mol. The lowest BCUT2D eigenvalue weighted by Crippen LogP contribution is -2.33. The number of nitrogens with one attached hydrogen (secondary N) is 1. The maximum absolute atomic E-state index is 10.6. The van der Waals surface area contributed by atoms with Crippen LogP contribution in [0, 0.1) is 0 Å². The molecule has 70 valence electrons. The largest absolute Gasteiger partial charge is 0.352 e. The van der Waals surface area contributed by atoms with Crippen LogP contribution < -0.4 is 16.8 Å². The molecule has 0 saturated heterocycles. The van der Waals surface area contributed by atoms with Crippen LogP contribution in [-0.2, 0) is 4.79 Å². The maximum atomic E-state index is 10.6. The Balaban J connectivity index is 3.31. The molecule has 1 atom stereocenters. The third-order valence-electron chi connectivity index (χ3n) is 1.51. The van der Waals surface area contributed by atoms with Gasteiger partial charge in [-0.05, 0) is 19.8 Å². The van der Waals surface area contributed by atoms with Crippen molar-refractivity contribution >= 4 is 11.8 Å². The fourth-order valence-corrected chi connectivity index (χ4v) is 0.737. The number of carbonyl (C=O) groups is 2. The Bertz CT molecular complexity index is 170. The molecule has 0 aliphatic carbocycles. The second-order valence-corrected chi connectivity index (χ2v) is 2.65. The van der Waals surface area contributed by atoms with E-state index in [1.54, 1.807) is 0 Å². The summed E-state index contributed by atoms with van der Waals surface area (Å²) >= 11 is 0. The van der Waals surface area contributed by atoms with E-state index in [2.05, 4.69) is 5.32 Å². The zero-order chi connectivity index (χ0) is 9.56. The topological polar surface area (TPSA) is 98.2 Å². The van der Waals surface area contributed by atoms with Crippen molar-refractivity contribution in [3.8, 4) is 0 Å². The molecule has 0 aliphatic heterocycles. The zero-order valence-electron chi connectivity index (χ0n) is 7.17. The average Bonchev–Trinajstić information content (AvgIpc) is 1.97. The molecule has 5 N–H and O–H groups in total. The van der Waals surface area contributed by atoms with Crippen LogP contribution in [0.25, 0.3) is 0 Å². The first-order chi connectivity index (χ1) is 5.54. The van der Waals surface area contributed by atoms with Crippen molar-refractivity contribution in [1.82, 2.24) is 5.32 Å². The molecule has 0 unspecified atom stereocenters. The van der Waals surface area contributed by atoms with Gasteiger partial charge in [0.05, 0.1) is 6.04 Å². The van der Waals surface area contributed by atoms with E-state index >= 15 is 0 Å². The maximum Gasteiger partial charge on any atom is 0.312 e. The van der Waals surface area contributed by atoms with E-state index in [4.69, 9.17) is 11.5 Å². The molecule has 0 aromatic rings. The van der Waals surface area contributed by atoms with Gasteiger partial charge in [-0.3, -0.25) is 4.79 Å². The fourth-order valence-electron chi connectivity index (χ4n) is 0.737. The van der Waals surface area contributed by atoms with Gasteiger partial charge >= 0.3 is 6.03 Å². The molecule has 5 nitrogen and oxygen atoms in total. The van der Waals surface area contributed by atoms with E-state index in [0.717, 1.165) is 0 Å². The van der Waals surface area contributed by atoms with Crippen molar-refractivity contribution in [3.63, 3.8) is 0 Å². The van der Waals surface area contributed by atoms with Crippen LogP contribution in [0.2, 0.25) is 0 Å². The van der Waals surface area contributed by atoms with Gasteiger partial charge in [0.1, 0.15) is 5.78 Å². The van der Waals surface area contributed by atoms with Crippen LogP contribution >= 0.6 is 0 Å². The number of amides is 2. The van der Waals surface area contributed by atoms with Crippen molar-refractivity contribution in [1.29, 1.82) is 0 Å². The van der Waals surface area contributed by atoms with Crippen molar-refractivity contribution in [2.24, 2.45) is 11.5 Å². The number of rotatable bonds is 5. The Morgan fingerprint density at radius 2 is 2.08 bits per heavy atom. The van der Waals surface area contributed by atoms with Crippen molar-refractivity contribution < 1.29 is 9.59 Å². The molecule has 0 spiro atoms. The minimum atomic E-state index is -0.550. The van der Waals surface area contributed by atoms with Gasteiger partial charge in [-0.2, -0.15) is 0 Å². The molecule has 0 aromatic carbocycles. The van der Waals surface area contributed by atoms with E-state index in [1.165, 1.54) is 6.92 Å². The Kier molecular flexibility index (Phi) is 5.03. The Morgan fingerprint density at radius 1 is 1.50 bits per heavy atom. The number of urea groups is 1. The smallest absolute Gasteiger partial charge is 0.312 e. The quantitative estimate of drug-likeness (QED) is 0.381. The standard InChI is InChI=1S/C7H15N3O2/c1-5(11)6(8)3-2-4-10-7(9)12/h6H,2-4,8H2,1H3,(H3,9,10,12)/t6-/m0/s1/i7+1. The summed E-state index contributed by atoms with van der Waals surface area (Å²) in [5.74, 6) is -0.0333. The summed E-state index contributed by atoms with van der Waals surface area (Å²) in [6.07, 6.45) is 1.25. The Morgan fingerprint density at radius 3 is 2.50 bits per heavy atom. The predicted octanol–water partition coefficient (Wildman–Crippen LogP) is -0.649. The Hall–Kier alpha value is -1.10. The number of hydrogen-bond donors (Lipinski definition) is 3. The molecular weight excluding hydrogens is 159 g/mol. The molecule has 0 heterocycles. The summed E-state index contributed by atoms with van der Waals surface area (Å²) in [5, 5.41) is 2.41. The van der Waals surface area contributed by atoms with Crippen LogP contribution in [0.3, 0.4) is 0 Å². The molecule has 2 amide bonds. The first-order valence-electron chi connectivity index (χ1n) is 3.83. The second kappa shape index (κ2) is 5.54. The van der Waals surface area contributed by atoms with E-state index in [1.807, 2.05) is 0 Å². The lowest BCUT2D eigenvalue weighted by atomic mass is 10.1. The number of hydrogen-bond acceptors (Lipinski definition) is 3. The SMILES string of the molecule is CC(=O)[C@@H](N)CCCN[13C](N)=O. The van der Waals surface area contributed by atoms with Crippen LogP contribution in [0.1, 0.15) is 19.8 Å². The molecule has 0 rings (SSSR count). The van der Waals surface area contributed by atoms with Gasteiger partial charge in [-0.1, -0.05) is 0 Å². The minimum Gasteiger partial charge on any atom is -0.352 e. The summed E-state index contributed by atoms with van der Waals surface area (Å²) in [7, 11) is 0. The first kappa shape index (κ1) is 10.9. The summed E-state index contributed by atoms with van der Waals surface area (Å²) in [4.78, 5) is 20.8. The van der Waals surface area contributed by atoms with Crippen LogP contribution in [0.4, 0.5) is 4.79 Å². The lowest BCUT2D eigenvalue weighted by Gasteiger charge is -2.06. The molecule has 12 heavy (non-hydrogen) atoms. The van der Waals surface area contributed by atoms with Gasteiger partial charge < -0.3 is 16.8 Å². The summed E-state index contributed by atoms with van der Waals surface area (Å²) in [6, 6.07) is -0.967. The fraction of sp³-hybridized carbons (Fsp3) is 0.714. The van der Waals surface area contributed by atoms with Gasteiger partial charge in [0.15, 0.2) is 0 Å². The summed E-state index contributed by atoms with van der Waals surface area (Å²) in [5.41, 5.74) is 10.3. The summed E-state index contributed by atoms with van der Waals surface area (Å²) in [6.45, 7) is 1.92. The molecule has 5 heteroatoms. The normalized spacial score (nSPS) is 12.2. The molecule has 0 aliphatic rings. The minimum absolute atomic E-state index is 0.0333. The van der Waals surface area contributed by atoms with Gasteiger partial charge in [-0.25, -0.2) is 4.79 Å². The van der Waals surface area contributed by atoms with E-state index < -0.39 is 12.1 Å². The number of primary amides is 1.